The molecule has 2 N–H and O–H groups in total. The lowest BCUT2D eigenvalue weighted by atomic mass is 9.99. The van der Waals surface area contributed by atoms with Crippen molar-refractivity contribution < 1.29 is 18.3 Å². The molecule has 0 aliphatic carbocycles. The van der Waals surface area contributed by atoms with E-state index in [1.807, 2.05) is 0 Å². The lowest BCUT2D eigenvalue weighted by Crippen LogP contribution is -2.32. The van der Waals surface area contributed by atoms with Gasteiger partial charge in [0, 0.05) is 19.1 Å². The molecule has 4 nitrogen and oxygen atoms in total. The Kier molecular flexibility index (Phi) is 5.12. The van der Waals surface area contributed by atoms with Gasteiger partial charge in [0.2, 0.25) is 0 Å². The van der Waals surface area contributed by atoms with Crippen LogP contribution in [-0.4, -0.2) is 36.5 Å². The topological polar surface area (TPSA) is 55.6 Å². The molecule has 1 aliphatic heterocycles. The van der Waals surface area contributed by atoms with Crippen LogP contribution in [0.1, 0.15) is 30.1 Å². The molecule has 6 heteroatoms. The highest BCUT2D eigenvalue weighted by molar-refractivity contribution is 5.97. The van der Waals surface area contributed by atoms with E-state index in [1.165, 1.54) is 12.1 Å². The van der Waals surface area contributed by atoms with Crippen molar-refractivity contribution in [2.75, 3.05) is 13.1 Å². The molecule has 1 heterocycles. The van der Waals surface area contributed by atoms with Crippen molar-refractivity contribution in [3.63, 3.8) is 0 Å². The summed E-state index contributed by atoms with van der Waals surface area (Å²) in [5.41, 5.74) is 6.20. The Morgan fingerprint density at radius 2 is 2.14 bits per heavy atom. The second-order valence-electron chi connectivity index (χ2n) is 5.30. The number of nitrogens with two attached hydrogens (primary N) is 1. The Hall–Kier alpha value is -1.69. The summed E-state index contributed by atoms with van der Waals surface area (Å²) < 4.78 is 29.2. The number of alkyl halides is 2. The zero-order valence-corrected chi connectivity index (χ0v) is 12.0. The van der Waals surface area contributed by atoms with Crippen LogP contribution in [0.4, 0.5) is 8.78 Å². The molecule has 1 aliphatic rings. The minimum atomic E-state index is -2.95. The number of ether oxygens (including phenoxy) is 1. The normalized spacial score (nSPS) is 21.9. The Bertz CT molecular complexity index is 496. The van der Waals surface area contributed by atoms with Crippen LogP contribution in [-0.2, 0) is 0 Å². The molecule has 0 aromatic heterocycles. The second-order valence-corrected chi connectivity index (χ2v) is 5.30. The maximum atomic E-state index is 12.5. The third-order valence-electron chi connectivity index (χ3n) is 3.77. The number of halogens is 2. The van der Waals surface area contributed by atoms with E-state index in [0.29, 0.717) is 13.1 Å². The first-order chi connectivity index (χ1) is 10.0. The largest absolute Gasteiger partial charge is 0.434 e. The molecule has 0 radical (unpaired) electrons. The number of carbonyl (C=O) groups excluding carboxylic acids is 1. The molecule has 0 spiro atoms. The molecule has 116 valence electrons. The number of nitrogens with zero attached hydrogens (tertiary/aromatic N) is 1. The molecule has 2 rings (SSSR count). The molecule has 2 atom stereocenters. The van der Waals surface area contributed by atoms with Crippen molar-refractivity contribution >= 4 is 5.91 Å². The highest BCUT2D eigenvalue weighted by atomic mass is 19.3. The average molecular weight is 298 g/mol. The molecule has 1 amide bonds. The number of benzene rings is 1. The number of rotatable bonds is 5. The van der Waals surface area contributed by atoms with Gasteiger partial charge in [-0.3, -0.25) is 4.79 Å². The van der Waals surface area contributed by atoms with Gasteiger partial charge < -0.3 is 15.4 Å². The minimum absolute atomic E-state index is 0.0583. The summed E-state index contributed by atoms with van der Waals surface area (Å²) in [6.45, 7) is 0.138. The van der Waals surface area contributed by atoms with Gasteiger partial charge in [0.15, 0.2) is 0 Å². The molecule has 0 unspecified atom stereocenters. The van der Waals surface area contributed by atoms with Crippen LogP contribution in [0.2, 0.25) is 0 Å². The molecule has 21 heavy (non-hydrogen) atoms. The monoisotopic (exact) mass is 298 g/mol. The van der Waals surface area contributed by atoms with Crippen LogP contribution in [0.5, 0.6) is 5.75 Å². The zero-order chi connectivity index (χ0) is 15.4. The van der Waals surface area contributed by atoms with E-state index < -0.39 is 6.61 Å². The van der Waals surface area contributed by atoms with Crippen molar-refractivity contribution in [2.24, 2.45) is 11.7 Å². The summed E-state index contributed by atoms with van der Waals surface area (Å²) in [7, 11) is 0. The van der Waals surface area contributed by atoms with Crippen LogP contribution in [0.15, 0.2) is 24.3 Å². The molecule has 0 saturated carbocycles. The summed E-state index contributed by atoms with van der Waals surface area (Å²) in [6.07, 6.45) is 1.96. The molecule has 1 aromatic carbocycles. The number of carbonyl (C=O) groups is 1. The van der Waals surface area contributed by atoms with Gasteiger partial charge in [0.25, 0.3) is 5.91 Å². The Labute approximate surface area is 122 Å². The number of hydrogen-bond acceptors (Lipinski definition) is 3. The van der Waals surface area contributed by atoms with E-state index in [1.54, 1.807) is 17.0 Å². The van der Waals surface area contributed by atoms with Crippen molar-refractivity contribution in [1.82, 2.24) is 4.90 Å². The Balaban J connectivity index is 2.14. The van der Waals surface area contributed by atoms with Crippen LogP contribution >= 0.6 is 0 Å². The molecule has 1 aromatic rings. The summed E-state index contributed by atoms with van der Waals surface area (Å²) in [5, 5.41) is 0. The predicted molar refractivity (Wildman–Crippen MR) is 75.4 cm³/mol. The molecular weight excluding hydrogens is 278 g/mol. The first-order valence-corrected chi connectivity index (χ1v) is 7.11. The van der Waals surface area contributed by atoms with E-state index >= 15 is 0 Å². The van der Waals surface area contributed by atoms with Gasteiger partial charge in [0.05, 0.1) is 5.56 Å². The van der Waals surface area contributed by atoms with Crippen LogP contribution in [0.3, 0.4) is 0 Å². The van der Waals surface area contributed by atoms with Gasteiger partial charge >= 0.3 is 6.61 Å². The third-order valence-corrected chi connectivity index (χ3v) is 3.77. The van der Waals surface area contributed by atoms with Crippen LogP contribution in [0, 0.1) is 5.92 Å². The van der Waals surface area contributed by atoms with Crippen molar-refractivity contribution in [2.45, 2.75) is 32.4 Å². The van der Waals surface area contributed by atoms with E-state index in [9.17, 15) is 13.6 Å². The van der Waals surface area contributed by atoms with Gasteiger partial charge in [-0.05, 0) is 24.5 Å². The fourth-order valence-corrected chi connectivity index (χ4v) is 2.75. The van der Waals surface area contributed by atoms with Crippen LogP contribution in [0.25, 0.3) is 0 Å². The van der Waals surface area contributed by atoms with E-state index in [-0.39, 0.29) is 29.2 Å². The first-order valence-electron chi connectivity index (χ1n) is 7.11. The standard InChI is InChI=1S/C15H20F2N2O2/c1-2-5-10-8-19(9-12(10)18)14(20)11-6-3-4-7-13(11)21-15(16)17/h3-4,6-7,10,12,15H,2,5,8-9,18H2,1H3/t10-,12-/m0/s1. The number of hydrogen-bond donors (Lipinski definition) is 1. The molecule has 0 bridgehead atoms. The van der Waals surface area contributed by atoms with Crippen molar-refractivity contribution in [3.8, 4) is 5.75 Å². The lowest BCUT2D eigenvalue weighted by molar-refractivity contribution is -0.0502. The summed E-state index contributed by atoms with van der Waals surface area (Å²) in [4.78, 5) is 14.1. The van der Waals surface area contributed by atoms with Crippen molar-refractivity contribution in [3.05, 3.63) is 29.8 Å². The molecular formula is C15H20F2N2O2. The van der Waals surface area contributed by atoms with E-state index in [2.05, 4.69) is 11.7 Å². The second kappa shape index (κ2) is 6.85. The van der Waals surface area contributed by atoms with Gasteiger partial charge in [0.1, 0.15) is 5.75 Å². The quantitative estimate of drug-likeness (QED) is 0.908. The summed E-state index contributed by atoms with van der Waals surface area (Å²) in [6, 6.07) is 6.00. The maximum Gasteiger partial charge on any atom is 0.387 e. The summed E-state index contributed by atoms with van der Waals surface area (Å²) in [5.74, 6) is -0.132. The highest BCUT2D eigenvalue weighted by Crippen LogP contribution is 2.26. The minimum Gasteiger partial charge on any atom is -0.434 e. The average Bonchev–Trinajstić information content (AvgIpc) is 2.80. The van der Waals surface area contributed by atoms with Crippen molar-refractivity contribution in [1.29, 1.82) is 0 Å². The van der Waals surface area contributed by atoms with Gasteiger partial charge in [-0.15, -0.1) is 0 Å². The molecule has 1 saturated heterocycles. The van der Waals surface area contributed by atoms with Gasteiger partial charge in [-0.25, -0.2) is 0 Å². The fourth-order valence-electron chi connectivity index (χ4n) is 2.75. The number of amides is 1. The van der Waals surface area contributed by atoms with Gasteiger partial charge in [-0.2, -0.15) is 8.78 Å². The van der Waals surface area contributed by atoms with E-state index in [4.69, 9.17) is 5.73 Å². The smallest absolute Gasteiger partial charge is 0.387 e. The van der Waals surface area contributed by atoms with Crippen LogP contribution < -0.4 is 10.5 Å². The Morgan fingerprint density at radius 1 is 1.43 bits per heavy atom. The zero-order valence-electron chi connectivity index (χ0n) is 12.0. The highest BCUT2D eigenvalue weighted by Gasteiger charge is 2.33. The Morgan fingerprint density at radius 3 is 2.81 bits per heavy atom. The number of para-hydroxylation sites is 1. The summed E-state index contributed by atoms with van der Waals surface area (Å²) >= 11 is 0. The first kappa shape index (κ1) is 15.7. The van der Waals surface area contributed by atoms with Gasteiger partial charge in [-0.1, -0.05) is 25.5 Å². The third kappa shape index (κ3) is 3.69. The number of likely N-dealkylation sites (tertiary alicyclic amines) is 1. The maximum absolute atomic E-state index is 12.5. The molecule has 1 fully saturated rings. The lowest BCUT2D eigenvalue weighted by Gasteiger charge is -2.18. The predicted octanol–water partition coefficient (Wildman–Crippen LogP) is 2.49. The fraction of sp³-hybridized carbons (Fsp3) is 0.533. The SMILES string of the molecule is CCC[C@H]1CN(C(=O)c2ccccc2OC(F)F)C[C@@H]1N. The van der Waals surface area contributed by atoms with E-state index in [0.717, 1.165) is 12.8 Å².